The molecule has 0 spiro atoms. The monoisotopic (exact) mass is 233 g/mol. The Morgan fingerprint density at radius 2 is 2.29 bits per heavy atom. The number of hydrogen-bond donors (Lipinski definition) is 2. The van der Waals surface area contributed by atoms with Crippen molar-refractivity contribution in [1.29, 1.82) is 0 Å². The summed E-state index contributed by atoms with van der Waals surface area (Å²) in [6.45, 7) is 5.00. The van der Waals surface area contributed by atoms with Gasteiger partial charge < -0.3 is 10.4 Å². The molecule has 0 saturated carbocycles. The van der Waals surface area contributed by atoms with Crippen LogP contribution in [0.3, 0.4) is 0 Å². The molecule has 0 bridgehead atoms. The SMILES string of the molecule is CCC(C)(CO)NCc1ccc(Cl)s1. The molecule has 1 aromatic heterocycles. The molecule has 1 atom stereocenters. The highest BCUT2D eigenvalue weighted by Gasteiger charge is 2.19. The van der Waals surface area contributed by atoms with Crippen LogP contribution in [0.15, 0.2) is 12.1 Å². The second-order valence-corrected chi connectivity index (χ2v) is 5.43. The van der Waals surface area contributed by atoms with E-state index in [2.05, 4.69) is 12.2 Å². The topological polar surface area (TPSA) is 32.3 Å². The minimum atomic E-state index is -0.184. The lowest BCUT2D eigenvalue weighted by Gasteiger charge is -2.26. The van der Waals surface area contributed by atoms with Gasteiger partial charge in [-0.05, 0) is 25.5 Å². The number of halogens is 1. The molecular formula is C10H16ClNOS. The maximum atomic E-state index is 9.18. The van der Waals surface area contributed by atoms with Gasteiger partial charge in [0.15, 0.2) is 0 Å². The third kappa shape index (κ3) is 3.24. The normalized spacial score (nSPS) is 15.4. The molecule has 0 aromatic carbocycles. The molecule has 1 heterocycles. The maximum absolute atomic E-state index is 9.18. The van der Waals surface area contributed by atoms with Crippen molar-refractivity contribution in [2.24, 2.45) is 0 Å². The largest absolute Gasteiger partial charge is 0.394 e. The summed E-state index contributed by atoms with van der Waals surface area (Å²) in [5.74, 6) is 0. The average Bonchev–Trinajstić information content (AvgIpc) is 2.61. The van der Waals surface area contributed by atoms with Crippen LogP contribution in [-0.2, 0) is 6.54 Å². The molecule has 0 saturated heterocycles. The summed E-state index contributed by atoms with van der Waals surface area (Å²) in [6, 6.07) is 3.90. The number of nitrogens with one attached hydrogen (secondary N) is 1. The highest BCUT2D eigenvalue weighted by molar-refractivity contribution is 7.16. The molecule has 0 aliphatic carbocycles. The Morgan fingerprint density at radius 1 is 1.57 bits per heavy atom. The van der Waals surface area contributed by atoms with E-state index in [0.717, 1.165) is 17.3 Å². The summed E-state index contributed by atoms with van der Waals surface area (Å²) >= 11 is 7.39. The first-order valence-corrected chi connectivity index (χ1v) is 5.89. The molecule has 1 rings (SSSR count). The Bertz CT molecular complexity index is 283. The molecule has 80 valence electrons. The van der Waals surface area contributed by atoms with Crippen LogP contribution in [0.25, 0.3) is 0 Å². The fourth-order valence-electron chi connectivity index (χ4n) is 1.04. The van der Waals surface area contributed by atoms with Crippen molar-refractivity contribution in [2.45, 2.75) is 32.4 Å². The minimum absolute atomic E-state index is 0.155. The van der Waals surface area contributed by atoms with Gasteiger partial charge in [0.25, 0.3) is 0 Å². The molecule has 0 aliphatic heterocycles. The third-order valence-corrected chi connectivity index (χ3v) is 3.68. The zero-order valence-electron chi connectivity index (χ0n) is 8.51. The summed E-state index contributed by atoms with van der Waals surface area (Å²) in [5.41, 5.74) is -0.184. The Kier molecular flexibility index (Phi) is 4.38. The Balaban J connectivity index is 2.47. The van der Waals surface area contributed by atoms with Crippen molar-refractivity contribution < 1.29 is 5.11 Å². The van der Waals surface area contributed by atoms with Gasteiger partial charge in [0.2, 0.25) is 0 Å². The molecular weight excluding hydrogens is 218 g/mol. The standard InChI is InChI=1S/C10H16ClNOS/c1-3-10(2,7-13)12-6-8-4-5-9(11)14-8/h4-5,12-13H,3,6-7H2,1-2H3. The quantitative estimate of drug-likeness (QED) is 0.820. The van der Waals surface area contributed by atoms with Gasteiger partial charge in [-0.25, -0.2) is 0 Å². The smallest absolute Gasteiger partial charge is 0.0931 e. The zero-order valence-corrected chi connectivity index (χ0v) is 10.1. The van der Waals surface area contributed by atoms with E-state index in [0.29, 0.717) is 0 Å². The summed E-state index contributed by atoms with van der Waals surface area (Å²) < 4.78 is 0.809. The lowest BCUT2D eigenvalue weighted by molar-refractivity contribution is 0.169. The summed E-state index contributed by atoms with van der Waals surface area (Å²) in [4.78, 5) is 1.20. The van der Waals surface area contributed by atoms with Gasteiger partial charge in [0.1, 0.15) is 0 Å². The molecule has 0 fully saturated rings. The van der Waals surface area contributed by atoms with Crippen LogP contribution in [-0.4, -0.2) is 17.3 Å². The predicted molar refractivity (Wildman–Crippen MR) is 62.0 cm³/mol. The van der Waals surface area contributed by atoms with Crippen LogP contribution in [0, 0.1) is 0 Å². The van der Waals surface area contributed by atoms with E-state index in [1.807, 2.05) is 19.1 Å². The van der Waals surface area contributed by atoms with E-state index in [1.54, 1.807) is 11.3 Å². The first-order valence-electron chi connectivity index (χ1n) is 4.70. The molecule has 1 unspecified atom stereocenters. The van der Waals surface area contributed by atoms with Gasteiger partial charge in [0, 0.05) is 17.0 Å². The number of aliphatic hydroxyl groups is 1. The van der Waals surface area contributed by atoms with E-state index < -0.39 is 0 Å². The number of rotatable bonds is 5. The van der Waals surface area contributed by atoms with Gasteiger partial charge in [-0.3, -0.25) is 0 Å². The lowest BCUT2D eigenvalue weighted by atomic mass is 10.0. The molecule has 4 heteroatoms. The number of thiophene rings is 1. The maximum Gasteiger partial charge on any atom is 0.0931 e. The van der Waals surface area contributed by atoms with Crippen molar-refractivity contribution in [2.75, 3.05) is 6.61 Å². The van der Waals surface area contributed by atoms with Crippen molar-refractivity contribution >= 4 is 22.9 Å². The zero-order chi connectivity index (χ0) is 10.6. The second kappa shape index (κ2) is 5.12. The first-order chi connectivity index (χ1) is 6.59. The molecule has 1 aromatic rings. The Hall–Kier alpha value is -0.0900. The highest BCUT2D eigenvalue weighted by atomic mass is 35.5. The van der Waals surface area contributed by atoms with Crippen LogP contribution < -0.4 is 5.32 Å². The van der Waals surface area contributed by atoms with Gasteiger partial charge in [0.05, 0.1) is 10.9 Å². The van der Waals surface area contributed by atoms with Crippen molar-refractivity contribution in [1.82, 2.24) is 5.32 Å². The van der Waals surface area contributed by atoms with E-state index in [1.165, 1.54) is 4.88 Å². The molecule has 2 N–H and O–H groups in total. The first kappa shape index (κ1) is 12.0. The van der Waals surface area contributed by atoms with Crippen LogP contribution in [0.4, 0.5) is 0 Å². The molecule has 0 amide bonds. The van der Waals surface area contributed by atoms with Gasteiger partial charge in [-0.1, -0.05) is 18.5 Å². The van der Waals surface area contributed by atoms with Crippen LogP contribution >= 0.6 is 22.9 Å². The van der Waals surface area contributed by atoms with Crippen LogP contribution in [0.5, 0.6) is 0 Å². The fourth-order valence-corrected chi connectivity index (χ4v) is 2.07. The Labute approximate surface area is 93.9 Å². The van der Waals surface area contributed by atoms with Gasteiger partial charge in [-0.15, -0.1) is 11.3 Å². The fraction of sp³-hybridized carbons (Fsp3) is 0.600. The molecule has 14 heavy (non-hydrogen) atoms. The second-order valence-electron chi connectivity index (χ2n) is 3.63. The molecule has 0 radical (unpaired) electrons. The van der Waals surface area contributed by atoms with Crippen LogP contribution in [0.2, 0.25) is 4.34 Å². The summed E-state index contributed by atoms with van der Waals surface area (Å²) in [6.07, 6.45) is 0.905. The van der Waals surface area contributed by atoms with E-state index in [-0.39, 0.29) is 12.1 Å². The van der Waals surface area contributed by atoms with Crippen molar-refractivity contribution in [3.63, 3.8) is 0 Å². The molecule has 0 aliphatic rings. The van der Waals surface area contributed by atoms with Crippen LogP contribution in [0.1, 0.15) is 25.1 Å². The third-order valence-electron chi connectivity index (χ3n) is 2.45. The van der Waals surface area contributed by atoms with E-state index in [4.69, 9.17) is 11.6 Å². The van der Waals surface area contributed by atoms with Crippen molar-refractivity contribution in [3.8, 4) is 0 Å². The van der Waals surface area contributed by atoms with E-state index >= 15 is 0 Å². The Morgan fingerprint density at radius 3 is 2.71 bits per heavy atom. The molecule has 2 nitrogen and oxygen atoms in total. The van der Waals surface area contributed by atoms with E-state index in [9.17, 15) is 5.11 Å². The average molecular weight is 234 g/mol. The number of hydrogen-bond acceptors (Lipinski definition) is 3. The lowest BCUT2D eigenvalue weighted by Crippen LogP contribution is -2.44. The summed E-state index contributed by atoms with van der Waals surface area (Å²) in [5, 5.41) is 12.5. The van der Waals surface area contributed by atoms with Crippen molar-refractivity contribution in [3.05, 3.63) is 21.3 Å². The highest BCUT2D eigenvalue weighted by Crippen LogP contribution is 2.22. The number of aliphatic hydroxyl groups excluding tert-OH is 1. The summed E-state index contributed by atoms with van der Waals surface area (Å²) in [7, 11) is 0. The van der Waals surface area contributed by atoms with Gasteiger partial charge >= 0.3 is 0 Å². The minimum Gasteiger partial charge on any atom is -0.394 e. The van der Waals surface area contributed by atoms with Gasteiger partial charge in [-0.2, -0.15) is 0 Å². The predicted octanol–water partition coefficient (Wildman–Crippen LogP) is 2.65.